The maximum absolute atomic E-state index is 13.0. The molecule has 0 bridgehead atoms. The van der Waals surface area contributed by atoms with E-state index in [0.717, 1.165) is 106 Å². The highest BCUT2D eigenvalue weighted by Crippen LogP contribution is 2.32. The fraction of sp³-hybridized carbons (Fsp3) is 0.415. The lowest BCUT2D eigenvalue weighted by atomic mass is 9.92. The fourth-order valence-electron chi connectivity index (χ4n) is 8.45. The highest BCUT2D eigenvalue weighted by Gasteiger charge is 2.28. The van der Waals surface area contributed by atoms with E-state index in [0.29, 0.717) is 34.0 Å². The molecule has 2 N–H and O–H groups in total. The van der Waals surface area contributed by atoms with E-state index in [1.165, 1.54) is 16.8 Å². The largest absolute Gasteiger partial charge is 0.490 e. The van der Waals surface area contributed by atoms with Crippen molar-refractivity contribution in [3.05, 3.63) is 110 Å². The number of nitrogens with zero attached hydrogens (tertiary/aromatic N) is 7. The van der Waals surface area contributed by atoms with Crippen molar-refractivity contribution in [2.75, 3.05) is 37.6 Å². The van der Waals surface area contributed by atoms with Gasteiger partial charge in [0.05, 0.1) is 27.9 Å². The zero-order chi connectivity index (χ0) is 37.9. The number of nitrogens with one attached hydrogen (secondary N) is 2. The number of piperidine rings is 2. The average Bonchev–Trinajstić information content (AvgIpc) is 3.64. The Bertz CT molecular complexity index is 2310. The second-order valence-electron chi connectivity index (χ2n) is 15.0. The van der Waals surface area contributed by atoms with Crippen LogP contribution in [0.1, 0.15) is 73.5 Å². The molecular weight excluding hydrogens is 718 g/mol. The normalized spacial score (nSPS) is 20.0. The Kier molecular flexibility index (Phi) is 10.7. The van der Waals surface area contributed by atoms with E-state index in [-0.39, 0.29) is 18.1 Å². The molecule has 13 nitrogen and oxygen atoms in total. The monoisotopic (exact) mass is 761 g/mol. The van der Waals surface area contributed by atoms with Crippen molar-refractivity contribution < 1.29 is 9.53 Å². The summed E-state index contributed by atoms with van der Waals surface area (Å²) in [6.07, 6.45) is 11.2. The maximum atomic E-state index is 13.0. The van der Waals surface area contributed by atoms with Gasteiger partial charge >= 0.3 is 5.69 Å². The van der Waals surface area contributed by atoms with Gasteiger partial charge in [0.2, 0.25) is 0 Å². The number of carbonyl (C=O) groups excluding carboxylic acids is 1. The number of rotatable bonds is 9. The number of ether oxygens (including phenoxy) is 1. The summed E-state index contributed by atoms with van der Waals surface area (Å²) < 4.78 is 9.93. The van der Waals surface area contributed by atoms with Crippen LogP contribution >= 0.6 is 11.6 Å². The van der Waals surface area contributed by atoms with Crippen molar-refractivity contribution in [3.63, 3.8) is 0 Å². The summed E-state index contributed by atoms with van der Waals surface area (Å²) in [7, 11) is 0. The quantitative estimate of drug-likeness (QED) is 0.199. The molecule has 3 aromatic heterocycles. The molecule has 55 heavy (non-hydrogen) atoms. The lowest BCUT2D eigenvalue weighted by Gasteiger charge is -2.38. The van der Waals surface area contributed by atoms with Gasteiger partial charge in [0.25, 0.3) is 11.5 Å². The van der Waals surface area contributed by atoms with Crippen LogP contribution in [-0.2, 0) is 0 Å². The second kappa shape index (κ2) is 16.1. The molecule has 0 radical (unpaired) electrons. The van der Waals surface area contributed by atoms with Crippen molar-refractivity contribution in [1.82, 2.24) is 34.5 Å². The number of amides is 1. The lowest BCUT2D eigenvalue weighted by Crippen LogP contribution is -2.42. The highest BCUT2D eigenvalue weighted by atomic mass is 35.5. The first-order valence-electron chi connectivity index (χ1n) is 19.2. The molecule has 8 rings (SSSR count). The summed E-state index contributed by atoms with van der Waals surface area (Å²) in [5, 5.41) is 22.3. The third kappa shape index (κ3) is 8.16. The van der Waals surface area contributed by atoms with Crippen molar-refractivity contribution in [2.24, 2.45) is 5.92 Å². The Morgan fingerprint density at radius 3 is 2.42 bits per heavy atom. The highest BCUT2D eigenvalue weighted by molar-refractivity contribution is 6.31. The molecule has 2 aromatic carbocycles. The molecule has 3 fully saturated rings. The van der Waals surface area contributed by atoms with E-state index in [1.807, 2.05) is 18.2 Å². The smallest absolute Gasteiger partial charge is 0.332 e. The third-order valence-electron chi connectivity index (χ3n) is 11.5. The minimum atomic E-state index is -0.440. The van der Waals surface area contributed by atoms with Gasteiger partial charge in [-0.25, -0.2) is 4.79 Å². The summed E-state index contributed by atoms with van der Waals surface area (Å²) in [5.74, 6) is 1.88. The van der Waals surface area contributed by atoms with E-state index in [9.17, 15) is 14.4 Å². The van der Waals surface area contributed by atoms with Crippen molar-refractivity contribution in [2.45, 2.75) is 69.6 Å². The molecule has 0 spiro atoms. The second-order valence-corrected chi connectivity index (χ2v) is 15.4. The number of benzene rings is 2. The number of hydrogen-bond donors (Lipinski definition) is 2. The van der Waals surface area contributed by atoms with Gasteiger partial charge in [-0.15, -0.1) is 10.2 Å². The Hall–Kier alpha value is -5.45. The van der Waals surface area contributed by atoms with E-state index in [4.69, 9.17) is 21.6 Å². The van der Waals surface area contributed by atoms with Crippen LogP contribution in [0.5, 0.6) is 5.75 Å². The molecule has 284 valence electrons. The Labute approximate surface area is 323 Å². The molecule has 14 heteroatoms. The lowest BCUT2D eigenvalue weighted by molar-refractivity contribution is 0.0888. The number of anilines is 1. The predicted octanol–water partition coefficient (Wildman–Crippen LogP) is 5.47. The van der Waals surface area contributed by atoms with Crippen LogP contribution in [-0.4, -0.2) is 80.0 Å². The number of halogens is 1. The minimum absolute atomic E-state index is 0.0335. The van der Waals surface area contributed by atoms with Crippen LogP contribution in [0.25, 0.3) is 16.6 Å². The molecule has 2 aliphatic heterocycles. The molecular formula is C41H44ClN9O4. The SMILES string of the molecule is N#Cc1ccc(OC2CCC(NC(=O)c3ccc(N4CCC(CN5CCC(n6ccc7c(-n8ccc(=O)[nH]c8=O)cccc76)CC5)CC4)nn3)CC2)cc1Cl. The topological polar surface area (TPSA) is 154 Å². The minimum Gasteiger partial charge on any atom is -0.490 e. The molecule has 1 saturated carbocycles. The molecule has 1 aliphatic carbocycles. The molecule has 2 saturated heterocycles. The van der Waals surface area contributed by atoms with Crippen LogP contribution in [0.3, 0.4) is 0 Å². The number of H-pyrrole nitrogens is 1. The van der Waals surface area contributed by atoms with E-state index in [2.05, 4.69) is 59.3 Å². The Morgan fingerprint density at radius 2 is 1.71 bits per heavy atom. The standard InChI is InChI=1S/C41H44ClN9O4/c42-34-24-32(7-4-28(34)25-43)55-31-8-5-29(6-9-31)44-40(53)35-10-11-38(47-46-35)49-20-12-27(13-21-49)26-48-18-14-30(15-19-48)50-22-16-33-36(50)2-1-3-37(33)51-23-17-39(52)45-41(51)54/h1-4,7,10-11,16-17,22-24,27,29-31H,5-6,8-9,12-15,18-21,26H2,(H,44,53)(H,45,52,54). The molecule has 0 atom stereocenters. The van der Waals surface area contributed by atoms with Crippen LogP contribution in [0.2, 0.25) is 5.02 Å². The summed E-state index contributed by atoms with van der Waals surface area (Å²) >= 11 is 6.15. The molecule has 5 aromatic rings. The van der Waals surface area contributed by atoms with Crippen LogP contribution in [0.4, 0.5) is 5.82 Å². The van der Waals surface area contributed by atoms with Crippen molar-refractivity contribution in [3.8, 4) is 17.5 Å². The first kappa shape index (κ1) is 36.5. The number of fused-ring (bicyclic) bond motifs is 1. The van der Waals surface area contributed by atoms with Gasteiger partial charge in [-0.1, -0.05) is 17.7 Å². The van der Waals surface area contributed by atoms with Gasteiger partial charge in [-0.3, -0.25) is 19.1 Å². The number of aromatic amines is 1. The summed E-state index contributed by atoms with van der Waals surface area (Å²) in [6.45, 7) is 5.01. The van der Waals surface area contributed by atoms with Crippen LogP contribution in [0, 0.1) is 17.2 Å². The molecule has 5 heterocycles. The maximum Gasteiger partial charge on any atom is 0.332 e. The molecule has 0 unspecified atom stereocenters. The first-order valence-corrected chi connectivity index (χ1v) is 19.6. The predicted molar refractivity (Wildman–Crippen MR) is 210 cm³/mol. The zero-order valence-corrected chi connectivity index (χ0v) is 31.3. The average molecular weight is 762 g/mol. The number of hydrogen-bond acceptors (Lipinski definition) is 9. The van der Waals surface area contributed by atoms with Gasteiger partial charge in [0, 0.05) is 74.7 Å². The van der Waals surface area contributed by atoms with Gasteiger partial charge in [0.15, 0.2) is 11.5 Å². The van der Waals surface area contributed by atoms with E-state index < -0.39 is 11.2 Å². The van der Waals surface area contributed by atoms with E-state index >= 15 is 0 Å². The summed E-state index contributed by atoms with van der Waals surface area (Å²) in [6, 6.07) is 20.7. The molecule has 3 aliphatic rings. The van der Waals surface area contributed by atoms with E-state index in [1.54, 1.807) is 24.3 Å². The molecule has 1 amide bonds. The third-order valence-corrected chi connectivity index (χ3v) is 11.8. The van der Waals surface area contributed by atoms with Gasteiger partial charge < -0.3 is 24.4 Å². The number of nitriles is 1. The Balaban J connectivity index is 0.769. The van der Waals surface area contributed by atoms with Gasteiger partial charge in [-0.2, -0.15) is 5.26 Å². The van der Waals surface area contributed by atoms with Crippen LogP contribution in [0.15, 0.2) is 82.6 Å². The number of carbonyl (C=O) groups is 1. The fourth-order valence-corrected chi connectivity index (χ4v) is 8.66. The van der Waals surface area contributed by atoms with Gasteiger partial charge in [0.1, 0.15) is 11.8 Å². The summed E-state index contributed by atoms with van der Waals surface area (Å²) in [4.78, 5) is 44.3. The van der Waals surface area contributed by atoms with Gasteiger partial charge in [-0.05, 0) is 99.7 Å². The number of likely N-dealkylation sites (tertiary alicyclic amines) is 1. The zero-order valence-electron chi connectivity index (χ0n) is 30.6. The summed E-state index contributed by atoms with van der Waals surface area (Å²) in [5.41, 5.74) is 1.76. The van der Waals surface area contributed by atoms with Crippen molar-refractivity contribution in [1.29, 1.82) is 5.26 Å². The first-order chi connectivity index (χ1) is 26.8. The Morgan fingerprint density at radius 1 is 0.909 bits per heavy atom. The van der Waals surface area contributed by atoms with Crippen molar-refractivity contribution >= 4 is 34.2 Å². The number of aromatic nitrogens is 5. The van der Waals surface area contributed by atoms with Crippen LogP contribution < -0.4 is 26.2 Å².